The average Bonchev–Trinajstić information content (AvgIpc) is 3.23. The Balaban J connectivity index is 1.38. The van der Waals surface area contributed by atoms with Crippen LogP contribution in [-0.2, 0) is 14.9 Å². The van der Waals surface area contributed by atoms with Crippen LogP contribution in [-0.4, -0.2) is 89.5 Å². The quantitative estimate of drug-likeness (QED) is 0.700. The number of amides is 1. The molecule has 2 saturated heterocycles. The second-order valence-electron chi connectivity index (χ2n) is 7.59. The summed E-state index contributed by atoms with van der Waals surface area (Å²) in [5.74, 6) is 0.183. The van der Waals surface area contributed by atoms with E-state index in [4.69, 9.17) is 9.26 Å². The number of hydrogen-bond donors (Lipinski definition) is 0. The normalized spacial score (nSPS) is 24.1. The fraction of sp³-hybridized carbons (Fsp3) is 0.526. The first kappa shape index (κ1) is 20.9. The fourth-order valence-corrected chi connectivity index (χ4v) is 5.53. The van der Waals surface area contributed by atoms with E-state index in [0.717, 1.165) is 5.56 Å². The van der Waals surface area contributed by atoms with Gasteiger partial charge in [-0.2, -0.15) is 17.0 Å². The number of piperazine rings is 1. The number of nitrogens with zero attached hydrogens (tertiary/aromatic N) is 5. The third-order valence-corrected chi connectivity index (χ3v) is 7.21. The second-order valence-corrected chi connectivity index (χ2v) is 9.52. The Bertz CT molecular complexity index is 978. The van der Waals surface area contributed by atoms with Gasteiger partial charge in [-0.3, -0.25) is 9.78 Å². The van der Waals surface area contributed by atoms with Crippen LogP contribution >= 0.6 is 0 Å². The number of aromatic nitrogens is 2. The van der Waals surface area contributed by atoms with E-state index < -0.39 is 10.2 Å². The largest absolute Gasteiger partial charge is 0.373 e. The molecule has 30 heavy (non-hydrogen) atoms. The average molecular weight is 436 g/mol. The molecule has 2 aromatic heterocycles. The van der Waals surface area contributed by atoms with Gasteiger partial charge >= 0.3 is 0 Å². The van der Waals surface area contributed by atoms with Crippen LogP contribution in [0.2, 0.25) is 0 Å². The van der Waals surface area contributed by atoms with E-state index in [1.807, 2.05) is 19.9 Å². The highest BCUT2D eigenvalue weighted by Crippen LogP contribution is 2.22. The summed E-state index contributed by atoms with van der Waals surface area (Å²) < 4.78 is 39.8. The van der Waals surface area contributed by atoms with Crippen molar-refractivity contribution in [1.29, 1.82) is 0 Å². The van der Waals surface area contributed by atoms with E-state index in [9.17, 15) is 13.2 Å². The van der Waals surface area contributed by atoms with Crippen molar-refractivity contribution >= 4 is 16.1 Å². The van der Waals surface area contributed by atoms with Crippen LogP contribution in [0.15, 0.2) is 35.1 Å². The maximum absolute atomic E-state index is 13.0. The molecule has 4 rings (SSSR count). The Morgan fingerprint density at radius 3 is 2.43 bits per heavy atom. The molecular formula is C19H25N5O5S. The molecule has 2 aliphatic rings. The van der Waals surface area contributed by atoms with Crippen LogP contribution in [0.25, 0.3) is 11.3 Å². The van der Waals surface area contributed by atoms with E-state index in [0.29, 0.717) is 31.9 Å². The number of morpholine rings is 1. The van der Waals surface area contributed by atoms with Gasteiger partial charge in [0.25, 0.3) is 16.1 Å². The molecule has 0 saturated carbocycles. The van der Waals surface area contributed by atoms with Gasteiger partial charge in [0.15, 0.2) is 11.5 Å². The first-order chi connectivity index (χ1) is 14.3. The smallest absolute Gasteiger partial charge is 0.282 e. The van der Waals surface area contributed by atoms with Crippen molar-refractivity contribution in [2.24, 2.45) is 0 Å². The number of rotatable bonds is 4. The molecule has 2 atom stereocenters. The van der Waals surface area contributed by atoms with Gasteiger partial charge in [0.05, 0.1) is 12.2 Å². The van der Waals surface area contributed by atoms with Crippen LogP contribution in [0.4, 0.5) is 0 Å². The molecule has 2 aromatic rings. The van der Waals surface area contributed by atoms with E-state index >= 15 is 0 Å². The Hall–Kier alpha value is -2.34. The summed E-state index contributed by atoms with van der Waals surface area (Å²) >= 11 is 0. The Morgan fingerprint density at radius 2 is 1.80 bits per heavy atom. The maximum Gasteiger partial charge on any atom is 0.282 e. The van der Waals surface area contributed by atoms with Crippen LogP contribution in [0.3, 0.4) is 0 Å². The first-order valence-electron chi connectivity index (χ1n) is 9.91. The zero-order valence-electron chi connectivity index (χ0n) is 17.0. The van der Waals surface area contributed by atoms with Crippen LogP contribution in [0, 0.1) is 0 Å². The summed E-state index contributed by atoms with van der Waals surface area (Å²) in [6.07, 6.45) is 2.99. The number of ether oxygens (including phenoxy) is 1. The number of hydrogen-bond acceptors (Lipinski definition) is 7. The van der Waals surface area contributed by atoms with E-state index in [-0.39, 0.29) is 36.9 Å². The molecule has 0 unspecified atom stereocenters. The summed E-state index contributed by atoms with van der Waals surface area (Å²) in [5, 5.41) is 3.88. The minimum absolute atomic E-state index is 0.146. The molecule has 11 heteroatoms. The van der Waals surface area contributed by atoms with Crippen molar-refractivity contribution in [3.63, 3.8) is 0 Å². The monoisotopic (exact) mass is 435 g/mol. The number of carbonyl (C=O) groups excluding carboxylic acids is 1. The molecule has 0 aliphatic carbocycles. The van der Waals surface area contributed by atoms with Gasteiger partial charge in [-0.25, -0.2) is 0 Å². The Kier molecular flexibility index (Phi) is 5.87. The Labute approximate surface area is 175 Å². The summed E-state index contributed by atoms with van der Waals surface area (Å²) in [6.45, 7) is 5.47. The molecule has 0 N–H and O–H groups in total. The molecule has 2 aliphatic heterocycles. The van der Waals surface area contributed by atoms with Gasteiger partial charge in [-0.05, 0) is 26.0 Å². The lowest BCUT2D eigenvalue weighted by molar-refractivity contribution is -0.0457. The highest BCUT2D eigenvalue weighted by Gasteiger charge is 2.37. The van der Waals surface area contributed by atoms with E-state index in [1.54, 1.807) is 29.4 Å². The fourth-order valence-electron chi connectivity index (χ4n) is 3.79. The zero-order chi connectivity index (χ0) is 21.3. The van der Waals surface area contributed by atoms with Gasteiger partial charge in [0.1, 0.15) is 0 Å². The molecule has 0 radical (unpaired) electrons. The second kappa shape index (κ2) is 8.42. The molecule has 1 amide bonds. The van der Waals surface area contributed by atoms with Crippen LogP contribution in [0.1, 0.15) is 24.3 Å². The van der Waals surface area contributed by atoms with Crippen molar-refractivity contribution in [3.05, 3.63) is 36.3 Å². The minimum atomic E-state index is -3.59. The molecule has 4 heterocycles. The highest BCUT2D eigenvalue weighted by molar-refractivity contribution is 7.86. The number of carbonyl (C=O) groups is 1. The first-order valence-corrected chi connectivity index (χ1v) is 11.3. The van der Waals surface area contributed by atoms with Crippen molar-refractivity contribution in [2.75, 3.05) is 39.3 Å². The summed E-state index contributed by atoms with van der Waals surface area (Å²) in [7, 11) is -3.59. The SMILES string of the molecule is C[C@@H]1CN(S(=O)(=O)N2CCN(C(=O)c3cc(-c4cccnc4)on3)CC2)C[C@H](C)O1. The third-order valence-electron chi connectivity index (χ3n) is 5.24. The predicted molar refractivity (Wildman–Crippen MR) is 108 cm³/mol. The van der Waals surface area contributed by atoms with Crippen LogP contribution < -0.4 is 0 Å². The molecular weight excluding hydrogens is 410 g/mol. The third kappa shape index (κ3) is 4.24. The summed E-state index contributed by atoms with van der Waals surface area (Å²) in [6, 6.07) is 5.17. The summed E-state index contributed by atoms with van der Waals surface area (Å²) in [5.41, 5.74) is 0.926. The van der Waals surface area contributed by atoms with Crippen LogP contribution in [0.5, 0.6) is 0 Å². The topological polar surface area (TPSA) is 109 Å². The Morgan fingerprint density at radius 1 is 1.10 bits per heavy atom. The lowest BCUT2D eigenvalue weighted by Gasteiger charge is -2.40. The maximum atomic E-state index is 13.0. The van der Waals surface area contributed by atoms with Crippen molar-refractivity contribution in [3.8, 4) is 11.3 Å². The zero-order valence-corrected chi connectivity index (χ0v) is 17.8. The number of pyridine rings is 1. The van der Waals surface area contributed by atoms with E-state index in [2.05, 4.69) is 10.1 Å². The highest BCUT2D eigenvalue weighted by atomic mass is 32.2. The molecule has 0 spiro atoms. The molecule has 10 nitrogen and oxygen atoms in total. The van der Waals surface area contributed by atoms with Gasteiger partial charge in [0.2, 0.25) is 0 Å². The van der Waals surface area contributed by atoms with Gasteiger partial charge in [-0.1, -0.05) is 5.16 Å². The lowest BCUT2D eigenvalue weighted by Crippen LogP contribution is -2.57. The van der Waals surface area contributed by atoms with Gasteiger partial charge < -0.3 is 14.2 Å². The van der Waals surface area contributed by atoms with Crippen molar-refractivity contribution in [1.82, 2.24) is 23.7 Å². The molecule has 2 fully saturated rings. The van der Waals surface area contributed by atoms with E-state index in [1.165, 1.54) is 8.61 Å². The lowest BCUT2D eigenvalue weighted by atomic mass is 10.2. The molecule has 162 valence electrons. The molecule has 0 bridgehead atoms. The molecule has 0 aromatic carbocycles. The summed E-state index contributed by atoms with van der Waals surface area (Å²) in [4.78, 5) is 18.4. The van der Waals surface area contributed by atoms with Gasteiger partial charge in [0, 0.05) is 63.3 Å². The minimum Gasteiger partial charge on any atom is -0.373 e. The van der Waals surface area contributed by atoms with Crippen molar-refractivity contribution < 1.29 is 22.5 Å². The van der Waals surface area contributed by atoms with Crippen molar-refractivity contribution in [2.45, 2.75) is 26.1 Å². The van der Waals surface area contributed by atoms with Gasteiger partial charge in [-0.15, -0.1) is 0 Å². The standard InChI is InChI=1S/C19H25N5O5S/c1-14-12-24(13-15(2)28-14)30(26,27)23-8-6-22(7-9-23)19(25)17-10-18(29-21-17)16-4-3-5-20-11-16/h3-5,10-11,14-15H,6-9,12-13H2,1-2H3/t14-,15+. The predicted octanol–water partition coefficient (Wildman–Crippen LogP) is 0.848.